The first kappa shape index (κ1) is 13.8. The molecule has 0 aliphatic rings. The largest absolute Gasteiger partial charge is 0.397 e. The zero-order chi connectivity index (χ0) is 12.8. The summed E-state index contributed by atoms with van der Waals surface area (Å²) in [5.74, 6) is 1.06. The van der Waals surface area contributed by atoms with Crippen LogP contribution in [0.25, 0.3) is 0 Å². The topological polar surface area (TPSA) is 45.4 Å². The highest BCUT2D eigenvalue weighted by Crippen LogP contribution is 2.18. The van der Waals surface area contributed by atoms with Gasteiger partial charge >= 0.3 is 0 Å². The van der Waals surface area contributed by atoms with Gasteiger partial charge in [0.25, 0.3) is 0 Å². The molecule has 0 fully saturated rings. The van der Waals surface area contributed by atoms with Gasteiger partial charge in [-0.05, 0) is 52.5 Å². The van der Waals surface area contributed by atoms with Crippen LogP contribution in [0.5, 0.6) is 0 Å². The summed E-state index contributed by atoms with van der Waals surface area (Å²) in [7, 11) is 4.20. The van der Waals surface area contributed by atoms with Gasteiger partial charge in [-0.2, -0.15) is 0 Å². The first-order chi connectivity index (χ1) is 8.04. The maximum absolute atomic E-state index is 5.72. The molecule has 0 aliphatic heterocycles. The molecule has 17 heavy (non-hydrogen) atoms. The highest BCUT2D eigenvalue weighted by Gasteiger charge is 2.08. The minimum atomic E-state index is 0.732. The van der Waals surface area contributed by atoms with E-state index in [0.29, 0.717) is 0 Å². The van der Waals surface area contributed by atoms with Crippen molar-refractivity contribution in [2.24, 2.45) is 0 Å². The molecule has 0 unspecified atom stereocenters. The molecule has 1 heterocycles. The maximum Gasteiger partial charge on any atom is 0.131 e. The van der Waals surface area contributed by atoms with Crippen LogP contribution in [0.4, 0.5) is 11.5 Å². The fourth-order valence-corrected chi connectivity index (χ4v) is 1.91. The Bertz CT molecular complexity index is 349. The summed E-state index contributed by atoms with van der Waals surface area (Å²) in [6.07, 6.45) is 2.88. The number of anilines is 2. The van der Waals surface area contributed by atoms with Crippen LogP contribution < -0.4 is 10.6 Å². The molecule has 0 spiro atoms. The Morgan fingerprint density at radius 1 is 1.29 bits per heavy atom. The number of aryl methyl sites for hydroxylation is 1. The monoisotopic (exact) mass is 236 g/mol. The second-order valence-electron chi connectivity index (χ2n) is 4.65. The zero-order valence-corrected chi connectivity index (χ0v) is 11.4. The first-order valence-corrected chi connectivity index (χ1v) is 6.16. The van der Waals surface area contributed by atoms with E-state index in [1.54, 1.807) is 6.20 Å². The van der Waals surface area contributed by atoms with Gasteiger partial charge in [0.05, 0.1) is 11.9 Å². The van der Waals surface area contributed by atoms with Crippen LogP contribution in [0.1, 0.15) is 18.9 Å². The van der Waals surface area contributed by atoms with Gasteiger partial charge in [0.15, 0.2) is 0 Å². The summed E-state index contributed by atoms with van der Waals surface area (Å²) < 4.78 is 0. The average molecular weight is 236 g/mol. The zero-order valence-electron chi connectivity index (χ0n) is 11.4. The van der Waals surface area contributed by atoms with Crippen molar-refractivity contribution in [1.29, 1.82) is 0 Å². The molecule has 4 heteroatoms. The number of hydrogen-bond donors (Lipinski definition) is 1. The highest BCUT2D eigenvalue weighted by molar-refractivity contribution is 5.52. The summed E-state index contributed by atoms with van der Waals surface area (Å²) in [5.41, 5.74) is 7.60. The second-order valence-corrected chi connectivity index (χ2v) is 4.65. The standard InChI is InChI=1S/C13H24N4/c1-5-17(8-6-7-16(3)4)13-11(2)9-12(14)10-15-13/h9-10H,5-8,14H2,1-4H3. The number of nitrogens with zero attached hydrogens (tertiary/aromatic N) is 3. The molecule has 0 radical (unpaired) electrons. The third kappa shape index (κ3) is 4.23. The van der Waals surface area contributed by atoms with Gasteiger partial charge in [0.2, 0.25) is 0 Å². The van der Waals surface area contributed by atoms with E-state index in [1.807, 2.05) is 6.07 Å². The Morgan fingerprint density at radius 2 is 2.00 bits per heavy atom. The van der Waals surface area contributed by atoms with Gasteiger partial charge in [0, 0.05) is 13.1 Å². The van der Waals surface area contributed by atoms with Crippen LogP contribution in [-0.4, -0.2) is 43.6 Å². The molecule has 4 nitrogen and oxygen atoms in total. The van der Waals surface area contributed by atoms with Crippen LogP contribution in [0.2, 0.25) is 0 Å². The van der Waals surface area contributed by atoms with Crippen molar-refractivity contribution in [2.75, 3.05) is 44.4 Å². The summed E-state index contributed by atoms with van der Waals surface area (Å²) in [6.45, 7) is 7.34. The molecule has 2 N–H and O–H groups in total. The number of nitrogens with two attached hydrogens (primary N) is 1. The second kappa shape index (κ2) is 6.45. The van der Waals surface area contributed by atoms with Gasteiger partial charge in [-0.3, -0.25) is 0 Å². The summed E-state index contributed by atoms with van der Waals surface area (Å²) >= 11 is 0. The number of rotatable bonds is 6. The van der Waals surface area contributed by atoms with Crippen LogP contribution in [0, 0.1) is 6.92 Å². The lowest BCUT2D eigenvalue weighted by Crippen LogP contribution is -2.28. The van der Waals surface area contributed by atoms with Crippen molar-refractivity contribution in [3.05, 3.63) is 17.8 Å². The van der Waals surface area contributed by atoms with E-state index in [4.69, 9.17) is 5.73 Å². The number of aromatic nitrogens is 1. The van der Waals surface area contributed by atoms with Crippen molar-refractivity contribution in [3.63, 3.8) is 0 Å². The van der Waals surface area contributed by atoms with Crippen LogP contribution in [0.15, 0.2) is 12.3 Å². The van der Waals surface area contributed by atoms with Crippen LogP contribution >= 0.6 is 0 Å². The van der Waals surface area contributed by atoms with Crippen molar-refractivity contribution >= 4 is 11.5 Å². The van der Waals surface area contributed by atoms with Crippen LogP contribution in [-0.2, 0) is 0 Å². The molecule has 1 rings (SSSR count). The number of hydrogen-bond acceptors (Lipinski definition) is 4. The Morgan fingerprint density at radius 3 is 2.53 bits per heavy atom. The lowest BCUT2D eigenvalue weighted by atomic mass is 10.2. The maximum atomic E-state index is 5.72. The molecule has 0 saturated heterocycles. The highest BCUT2D eigenvalue weighted by atomic mass is 15.2. The fourth-order valence-electron chi connectivity index (χ4n) is 1.91. The van der Waals surface area contributed by atoms with Gasteiger partial charge in [-0.15, -0.1) is 0 Å². The predicted octanol–water partition coefficient (Wildman–Crippen LogP) is 1.75. The number of nitrogen functional groups attached to an aromatic ring is 1. The molecule has 0 atom stereocenters. The lowest BCUT2D eigenvalue weighted by Gasteiger charge is -2.24. The van der Waals surface area contributed by atoms with Gasteiger partial charge < -0.3 is 15.5 Å². The Hall–Kier alpha value is -1.29. The quantitative estimate of drug-likeness (QED) is 0.817. The van der Waals surface area contributed by atoms with Crippen LogP contribution in [0.3, 0.4) is 0 Å². The normalized spacial score (nSPS) is 10.9. The molecule has 1 aromatic heterocycles. The third-order valence-corrected chi connectivity index (χ3v) is 2.79. The molecule has 0 aromatic carbocycles. The summed E-state index contributed by atoms with van der Waals surface area (Å²) in [5, 5.41) is 0. The van der Waals surface area contributed by atoms with Crippen molar-refractivity contribution in [1.82, 2.24) is 9.88 Å². The summed E-state index contributed by atoms with van der Waals surface area (Å²) in [6, 6.07) is 1.98. The predicted molar refractivity (Wildman–Crippen MR) is 74.4 cm³/mol. The minimum absolute atomic E-state index is 0.732. The Balaban J connectivity index is 2.66. The van der Waals surface area contributed by atoms with Crippen molar-refractivity contribution in [3.8, 4) is 0 Å². The van der Waals surface area contributed by atoms with E-state index in [1.165, 1.54) is 0 Å². The van der Waals surface area contributed by atoms with E-state index in [-0.39, 0.29) is 0 Å². The SMILES string of the molecule is CCN(CCCN(C)C)c1ncc(N)cc1C. The lowest BCUT2D eigenvalue weighted by molar-refractivity contribution is 0.400. The smallest absolute Gasteiger partial charge is 0.131 e. The molecule has 1 aromatic rings. The van der Waals surface area contributed by atoms with E-state index in [2.05, 4.69) is 42.7 Å². The van der Waals surface area contributed by atoms with E-state index < -0.39 is 0 Å². The fraction of sp³-hybridized carbons (Fsp3) is 0.615. The molecule has 96 valence electrons. The van der Waals surface area contributed by atoms with E-state index in [0.717, 1.165) is 43.1 Å². The molecule has 0 amide bonds. The average Bonchev–Trinajstić information content (AvgIpc) is 2.25. The summed E-state index contributed by atoms with van der Waals surface area (Å²) in [4.78, 5) is 8.94. The van der Waals surface area contributed by atoms with E-state index >= 15 is 0 Å². The van der Waals surface area contributed by atoms with Crippen molar-refractivity contribution < 1.29 is 0 Å². The molecular formula is C13H24N4. The van der Waals surface area contributed by atoms with E-state index in [9.17, 15) is 0 Å². The number of pyridine rings is 1. The molecular weight excluding hydrogens is 212 g/mol. The van der Waals surface area contributed by atoms with Gasteiger partial charge in [-0.25, -0.2) is 4.98 Å². The van der Waals surface area contributed by atoms with Gasteiger partial charge in [0.1, 0.15) is 5.82 Å². The Labute approximate surface area is 104 Å². The molecule has 0 bridgehead atoms. The third-order valence-electron chi connectivity index (χ3n) is 2.79. The molecule has 0 saturated carbocycles. The van der Waals surface area contributed by atoms with Crippen molar-refractivity contribution in [2.45, 2.75) is 20.3 Å². The first-order valence-electron chi connectivity index (χ1n) is 6.16. The minimum Gasteiger partial charge on any atom is -0.397 e. The molecule has 0 aliphatic carbocycles. The van der Waals surface area contributed by atoms with Gasteiger partial charge in [-0.1, -0.05) is 0 Å². The Kier molecular flexibility index (Phi) is 5.22.